The van der Waals surface area contributed by atoms with Crippen LogP contribution in [0.15, 0.2) is 72.8 Å². The molecule has 0 N–H and O–H groups in total. The first-order valence-electron chi connectivity index (χ1n) is 10.3. The maximum Gasteiger partial charge on any atom is 0.237 e. The molecule has 0 fully saturated rings. The van der Waals surface area contributed by atoms with Gasteiger partial charge >= 0.3 is 0 Å². The quantitative estimate of drug-likeness (QED) is 0.296. The van der Waals surface area contributed by atoms with Crippen molar-refractivity contribution in [1.82, 2.24) is 4.98 Å². The largest absolute Gasteiger partial charge is 0.497 e. The van der Waals surface area contributed by atoms with Gasteiger partial charge in [0.05, 0.1) is 32.0 Å². The van der Waals surface area contributed by atoms with Gasteiger partial charge in [0.2, 0.25) is 5.91 Å². The van der Waals surface area contributed by atoms with Gasteiger partial charge < -0.3 is 9.47 Å². The number of carbonyl (C=O) groups excluding carboxylic acids is 1. The first-order valence-corrected chi connectivity index (χ1v) is 11.5. The number of hydrogen-bond acceptors (Lipinski definition) is 5. The van der Waals surface area contributed by atoms with Crippen molar-refractivity contribution >= 4 is 39.7 Å². The number of anilines is 2. The van der Waals surface area contributed by atoms with E-state index in [1.54, 1.807) is 31.3 Å². The highest BCUT2D eigenvalue weighted by atomic mass is 35.5. The fourth-order valence-corrected chi connectivity index (χ4v) is 4.61. The molecule has 1 heterocycles. The predicted molar refractivity (Wildman–Crippen MR) is 134 cm³/mol. The Morgan fingerprint density at radius 1 is 1.00 bits per heavy atom. The minimum atomic E-state index is -0.110. The summed E-state index contributed by atoms with van der Waals surface area (Å²) in [6, 6.07) is 22.6. The van der Waals surface area contributed by atoms with E-state index < -0.39 is 0 Å². The van der Waals surface area contributed by atoms with E-state index in [4.69, 9.17) is 26.1 Å². The second-order valence-electron chi connectivity index (χ2n) is 7.34. The predicted octanol–water partition coefficient (Wildman–Crippen LogP) is 6.70. The maximum absolute atomic E-state index is 13.6. The number of rotatable bonds is 7. The second kappa shape index (κ2) is 10.1. The van der Waals surface area contributed by atoms with Gasteiger partial charge in [-0.1, -0.05) is 54.1 Å². The third-order valence-electron chi connectivity index (χ3n) is 5.17. The van der Waals surface area contributed by atoms with Gasteiger partial charge in [-0.25, -0.2) is 4.98 Å². The lowest BCUT2D eigenvalue weighted by molar-refractivity contribution is -0.117. The highest BCUT2D eigenvalue weighted by molar-refractivity contribution is 7.16. The average Bonchev–Trinajstić information content (AvgIpc) is 3.21. The molecule has 0 radical (unpaired) electrons. The molecule has 0 saturated carbocycles. The Morgan fingerprint density at radius 3 is 2.39 bits per heavy atom. The van der Waals surface area contributed by atoms with Crippen LogP contribution in [-0.2, 0) is 11.2 Å². The van der Waals surface area contributed by atoms with Gasteiger partial charge in [-0.2, -0.15) is 0 Å². The van der Waals surface area contributed by atoms with E-state index >= 15 is 0 Å². The van der Waals surface area contributed by atoms with Crippen molar-refractivity contribution in [3.05, 3.63) is 88.3 Å². The molecule has 1 amide bonds. The number of amides is 1. The lowest BCUT2D eigenvalue weighted by Gasteiger charge is -2.23. The molecule has 0 aliphatic carbocycles. The Kier molecular flexibility index (Phi) is 6.96. The van der Waals surface area contributed by atoms with E-state index in [0.717, 1.165) is 21.7 Å². The Labute approximate surface area is 202 Å². The summed E-state index contributed by atoms with van der Waals surface area (Å²) < 4.78 is 11.0. The van der Waals surface area contributed by atoms with Crippen LogP contribution in [0.1, 0.15) is 10.4 Å². The molecule has 0 spiro atoms. The SMILES string of the molecule is COc1ccc(N(C(=O)Cc2ccccc2)c2nc(-c3ccc(Cl)cc3)c(C)s2)c(OC)c1. The van der Waals surface area contributed by atoms with Crippen molar-refractivity contribution in [2.75, 3.05) is 19.1 Å². The molecular weight excluding hydrogens is 456 g/mol. The summed E-state index contributed by atoms with van der Waals surface area (Å²) in [6.45, 7) is 2.00. The van der Waals surface area contributed by atoms with Crippen LogP contribution in [0.5, 0.6) is 11.5 Å². The monoisotopic (exact) mass is 478 g/mol. The third kappa shape index (κ3) is 5.02. The van der Waals surface area contributed by atoms with Gasteiger partial charge in [-0.05, 0) is 36.8 Å². The highest BCUT2D eigenvalue weighted by Crippen LogP contribution is 2.41. The molecular formula is C26H23ClN2O3S. The van der Waals surface area contributed by atoms with Gasteiger partial charge in [0.25, 0.3) is 0 Å². The van der Waals surface area contributed by atoms with Crippen molar-refractivity contribution in [1.29, 1.82) is 0 Å². The Hall–Kier alpha value is -3.35. The second-order valence-corrected chi connectivity index (χ2v) is 8.96. The molecule has 5 nitrogen and oxygen atoms in total. The molecule has 3 aromatic carbocycles. The number of nitrogens with zero attached hydrogens (tertiary/aromatic N) is 2. The molecule has 0 aliphatic rings. The van der Waals surface area contributed by atoms with Crippen LogP contribution in [0.25, 0.3) is 11.3 Å². The van der Waals surface area contributed by atoms with Crippen LogP contribution in [0, 0.1) is 6.92 Å². The summed E-state index contributed by atoms with van der Waals surface area (Å²) in [5.41, 5.74) is 3.29. The number of aromatic nitrogens is 1. The maximum atomic E-state index is 13.6. The zero-order valence-corrected chi connectivity index (χ0v) is 20.1. The molecule has 0 bridgehead atoms. The summed E-state index contributed by atoms with van der Waals surface area (Å²) in [5, 5.41) is 1.23. The zero-order chi connectivity index (χ0) is 23.4. The van der Waals surface area contributed by atoms with Crippen LogP contribution >= 0.6 is 22.9 Å². The Morgan fingerprint density at radius 2 is 1.73 bits per heavy atom. The number of hydrogen-bond donors (Lipinski definition) is 0. The van der Waals surface area contributed by atoms with Crippen LogP contribution in [-0.4, -0.2) is 25.1 Å². The number of benzene rings is 3. The lowest BCUT2D eigenvalue weighted by atomic mass is 10.1. The number of aryl methyl sites for hydroxylation is 1. The number of methoxy groups -OCH3 is 2. The highest BCUT2D eigenvalue weighted by Gasteiger charge is 2.26. The number of halogens is 1. The first-order chi connectivity index (χ1) is 16.0. The summed E-state index contributed by atoms with van der Waals surface area (Å²) in [7, 11) is 3.17. The standard InChI is InChI=1S/C26H23ClN2O3S/c1-17-25(19-9-11-20(27)12-10-19)28-26(33-17)29(24(30)15-18-7-5-4-6-8-18)22-14-13-21(31-2)16-23(22)32-3/h4-14,16H,15H2,1-3H3. The fraction of sp³-hybridized carbons (Fsp3) is 0.154. The van der Waals surface area contributed by atoms with Crippen molar-refractivity contribution < 1.29 is 14.3 Å². The minimum Gasteiger partial charge on any atom is -0.497 e. The molecule has 0 atom stereocenters. The van der Waals surface area contributed by atoms with Crippen molar-refractivity contribution in [2.45, 2.75) is 13.3 Å². The summed E-state index contributed by atoms with van der Waals surface area (Å²) in [4.78, 5) is 21.1. The van der Waals surface area contributed by atoms with E-state index in [1.807, 2.05) is 67.6 Å². The number of ether oxygens (including phenoxy) is 2. The molecule has 168 valence electrons. The fourth-order valence-electron chi connectivity index (χ4n) is 3.52. The van der Waals surface area contributed by atoms with Gasteiger partial charge in [0.1, 0.15) is 11.5 Å². The van der Waals surface area contributed by atoms with Gasteiger partial charge in [0.15, 0.2) is 5.13 Å². The van der Waals surface area contributed by atoms with E-state index in [-0.39, 0.29) is 12.3 Å². The molecule has 1 aromatic heterocycles. The van der Waals surface area contributed by atoms with Crippen LogP contribution in [0.2, 0.25) is 5.02 Å². The summed E-state index contributed by atoms with van der Waals surface area (Å²) >= 11 is 7.52. The van der Waals surface area contributed by atoms with Crippen molar-refractivity contribution in [3.8, 4) is 22.8 Å². The zero-order valence-electron chi connectivity index (χ0n) is 18.5. The normalized spacial score (nSPS) is 10.7. The van der Waals surface area contributed by atoms with Crippen LogP contribution in [0.4, 0.5) is 10.8 Å². The van der Waals surface area contributed by atoms with E-state index in [0.29, 0.717) is 27.3 Å². The average molecular weight is 479 g/mol. The molecule has 0 saturated heterocycles. The number of carbonyl (C=O) groups is 1. The van der Waals surface area contributed by atoms with Gasteiger partial charge in [0, 0.05) is 21.5 Å². The topological polar surface area (TPSA) is 51.7 Å². The molecule has 33 heavy (non-hydrogen) atoms. The van der Waals surface area contributed by atoms with E-state index in [9.17, 15) is 4.79 Å². The Bertz CT molecular complexity index is 1260. The van der Waals surface area contributed by atoms with Crippen LogP contribution < -0.4 is 14.4 Å². The first kappa shape index (κ1) is 22.8. The molecule has 4 aromatic rings. The molecule has 0 unspecified atom stereocenters. The smallest absolute Gasteiger partial charge is 0.237 e. The third-order valence-corrected chi connectivity index (χ3v) is 6.38. The minimum absolute atomic E-state index is 0.110. The lowest BCUT2D eigenvalue weighted by Crippen LogP contribution is -2.28. The van der Waals surface area contributed by atoms with Crippen LogP contribution in [0.3, 0.4) is 0 Å². The summed E-state index contributed by atoms with van der Waals surface area (Å²) in [5.74, 6) is 1.06. The van der Waals surface area contributed by atoms with Gasteiger partial charge in [-0.15, -0.1) is 11.3 Å². The molecule has 7 heteroatoms. The summed E-state index contributed by atoms with van der Waals surface area (Å²) in [6.07, 6.45) is 0.227. The number of thiazole rings is 1. The van der Waals surface area contributed by atoms with Gasteiger partial charge in [-0.3, -0.25) is 9.69 Å². The van der Waals surface area contributed by atoms with E-state index in [1.165, 1.54) is 11.3 Å². The van der Waals surface area contributed by atoms with Crippen molar-refractivity contribution in [2.24, 2.45) is 0 Å². The Balaban J connectivity index is 1.80. The van der Waals surface area contributed by atoms with E-state index in [2.05, 4.69) is 0 Å². The molecule has 4 rings (SSSR count). The van der Waals surface area contributed by atoms with Crippen molar-refractivity contribution in [3.63, 3.8) is 0 Å². The molecule has 0 aliphatic heterocycles.